The third kappa shape index (κ3) is 3.97. The SMILES string of the molecule is Cc1cc(C)c(C#N)c(SCC(=O)N2N=C(c3cccs3)C[C@H]2c2ccco2)n1. The highest BCUT2D eigenvalue weighted by Gasteiger charge is 2.35. The molecular weight excluding hydrogens is 404 g/mol. The zero-order valence-corrected chi connectivity index (χ0v) is 17.6. The summed E-state index contributed by atoms with van der Waals surface area (Å²) in [5.74, 6) is 0.705. The van der Waals surface area contributed by atoms with Crippen LogP contribution in [0.1, 0.15) is 39.9 Å². The van der Waals surface area contributed by atoms with Gasteiger partial charge in [-0.2, -0.15) is 10.4 Å². The number of rotatable bonds is 5. The Morgan fingerprint density at radius 2 is 2.28 bits per heavy atom. The first-order chi connectivity index (χ1) is 14.1. The maximum absolute atomic E-state index is 13.1. The normalized spacial score (nSPS) is 16.0. The molecule has 29 heavy (non-hydrogen) atoms. The van der Waals surface area contributed by atoms with E-state index in [4.69, 9.17) is 4.42 Å². The second-order valence-electron chi connectivity index (χ2n) is 6.66. The minimum Gasteiger partial charge on any atom is -0.467 e. The Morgan fingerprint density at radius 1 is 1.41 bits per heavy atom. The number of amides is 1. The molecule has 1 atom stereocenters. The van der Waals surface area contributed by atoms with Gasteiger partial charge in [0.25, 0.3) is 5.91 Å². The molecule has 146 valence electrons. The van der Waals surface area contributed by atoms with E-state index < -0.39 is 0 Å². The third-order valence-electron chi connectivity index (χ3n) is 4.60. The molecule has 4 rings (SSSR count). The number of nitrogens with zero attached hydrogens (tertiary/aromatic N) is 4. The Balaban J connectivity index is 1.57. The number of hydrogen-bond acceptors (Lipinski definition) is 7. The van der Waals surface area contributed by atoms with Crippen molar-refractivity contribution in [1.29, 1.82) is 5.26 Å². The first-order valence-electron chi connectivity index (χ1n) is 9.04. The molecule has 0 N–H and O–H groups in total. The Morgan fingerprint density at radius 3 is 2.97 bits per heavy atom. The Labute approximate surface area is 176 Å². The quantitative estimate of drug-likeness (QED) is 0.557. The van der Waals surface area contributed by atoms with Crippen molar-refractivity contribution in [2.24, 2.45) is 5.10 Å². The second kappa shape index (κ2) is 8.23. The summed E-state index contributed by atoms with van der Waals surface area (Å²) < 4.78 is 5.57. The number of pyridine rings is 1. The summed E-state index contributed by atoms with van der Waals surface area (Å²) in [6.45, 7) is 3.76. The first kappa shape index (κ1) is 19.4. The number of hydrogen-bond donors (Lipinski definition) is 0. The van der Waals surface area contributed by atoms with Crippen LogP contribution in [0.2, 0.25) is 0 Å². The molecule has 0 unspecified atom stereocenters. The van der Waals surface area contributed by atoms with Crippen molar-refractivity contribution in [2.45, 2.75) is 31.3 Å². The zero-order chi connectivity index (χ0) is 20.4. The van der Waals surface area contributed by atoms with Crippen LogP contribution in [0.25, 0.3) is 0 Å². The summed E-state index contributed by atoms with van der Waals surface area (Å²) in [5.41, 5.74) is 3.08. The summed E-state index contributed by atoms with van der Waals surface area (Å²) in [6, 6.07) is 11.5. The van der Waals surface area contributed by atoms with Gasteiger partial charge in [0.15, 0.2) is 0 Å². The fourth-order valence-corrected chi connectivity index (χ4v) is 4.95. The van der Waals surface area contributed by atoms with Gasteiger partial charge in [-0.1, -0.05) is 17.8 Å². The molecule has 0 radical (unpaired) electrons. The number of furan rings is 1. The van der Waals surface area contributed by atoms with Crippen molar-refractivity contribution in [2.75, 3.05) is 5.75 Å². The van der Waals surface area contributed by atoms with Crippen LogP contribution in [0.5, 0.6) is 0 Å². The molecule has 0 aliphatic carbocycles. The van der Waals surface area contributed by atoms with Crippen LogP contribution in [0.3, 0.4) is 0 Å². The van der Waals surface area contributed by atoms with Gasteiger partial charge in [-0.05, 0) is 49.1 Å². The fraction of sp³-hybridized carbons (Fsp3) is 0.238. The second-order valence-corrected chi connectivity index (χ2v) is 8.57. The van der Waals surface area contributed by atoms with E-state index in [9.17, 15) is 10.1 Å². The molecule has 0 saturated carbocycles. The molecule has 3 aromatic rings. The molecule has 4 heterocycles. The average molecular weight is 423 g/mol. The van der Waals surface area contributed by atoms with Crippen molar-refractivity contribution in [1.82, 2.24) is 9.99 Å². The van der Waals surface area contributed by atoms with Crippen LogP contribution in [0, 0.1) is 25.2 Å². The highest BCUT2D eigenvalue weighted by atomic mass is 32.2. The van der Waals surface area contributed by atoms with Crippen LogP contribution < -0.4 is 0 Å². The lowest BCUT2D eigenvalue weighted by Crippen LogP contribution is -2.28. The van der Waals surface area contributed by atoms with E-state index >= 15 is 0 Å². The van der Waals surface area contributed by atoms with Crippen LogP contribution in [0.4, 0.5) is 0 Å². The van der Waals surface area contributed by atoms with E-state index in [2.05, 4.69) is 16.2 Å². The molecule has 1 aliphatic rings. The minimum absolute atomic E-state index is 0.142. The third-order valence-corrected chi connectivity index (χ3v) is 6.48. The van der Waals surface area contributed by atoms with Crippen LogP contribution in [-0.4, -0.2) is 27.4 Å². The molecule has 0 bridgehead atoms. The van der Waals surface area contributed by atoms with Crippen molar-refractivity contribution in [3.8, 4) is 6.07 Å². The summed E-state index contributed by atoms with van der Waals surface area (Å²) in [5, 5.41) is 18.1. The van der Waals surface area contributed by atoms with E-state index in [1.54, 1.807) is 17.6 Å². The molecule has 3 aromatic heterocycles. The molecule has 0 spiro atoms. The van der Waals surface area contributed by atoms with Gasteiger partial charge in [0, 0.05) is 12.1 Å². The number of hydrazone groups is 1. The van der Waals surface area contributed by atoms with Crippen LogP contribution in [0.15, 0.2) is 56.5 Å². The standard InChI is InChI=1S/C21H18N4O2S2/c1-13-9-14(2)23-21(15(13)11-22)29-12-20(26)25-17(18-5-3-7-27-18)10-16(24-25)19-6-4-8-28-19/h3-9,17H,10,12H2,1-2H3/t17-/m0/s1. The number of aryl methyl sites for hydroxylation is 2. The Bertz CT molecular complexity index is 1100. The van der Waals surface area contributed by atoms with Gasteiger partial charge < -0.3 is 4.42 Å². The highest BCUT2D eigenvalue weighted by Crippen LogP contribution is 2.35. The summed E-state index contributed by atoms with van der Waals surface area (Å²) in [7, 11) is 0. The van der Waals surface area contributed by atoms with E-state index in [0.29, 0.717) is 22.8 Å². The number of thioether (sulfide) groups is 1. The lowest BCUT2D eigenvalue weighted by Gasteiger charge is -2.19. The van der Waals surface area contributed by atoms with Gasteiger partial charge in [-0.15, -0.1) is 11.3 Å². The lowest BCUT2D eigenvalue weighted by molar-refractivity contribution is -0.130. The molecule has 0 aromatic carbocycles. The van der Waals surface area contributed by atoms with Gasteiger partial charge in [0.2, 0.25) is 0 Å². The molecule has 0 saturated heterocycles. The van der Waals surface area contributed by atoms with Crippen LogP contribution in [-0.2, 0) is 4.79 Å². The topological polar surface area (TPSA) is 82.5 Å². The average Bonchev–Trinajstić information content (AvgIpc) is 3.46. The number of carbonyl (C=O) groups excluding carboxylic acids is 1. The molecule has 1 aliphatic heterocycles. The maximum atomic E-state index is 13.1. The molecular formula is C21H18N4O2S2. The van der Waals surface area contributed by atoms with E-state index in [1.807, 2.05) is 49.6 Å². The zero-order valence-electron chi connectivity index (χ0n) is 16.0. The maximum Gasteiger partial charge on any atom is 0.253 e. The predicted octanol–water partition coefficient (Wildman–Crippen LogP) is 4.69. The van der Waals surface area contributed by atoms with Crippen molar-refractivity contribution in [3.63, 3.8) is 0 Å². The van der Waals surface area contributed by atoms with Crippen molar-refractivity contribution in [3.05, 3.63) is 69.4 Å². The number of nitriles is 1. The summed E-state index contributed by atoms with van der Waals surface area (Å²) in [4.78, 5) is 18.6. The number of carbonyl (C=O) groups is 1. The Hall–Kier alpha value is -2.89. The van der Waals surface area contributed by atoms with E-state index in [-0.39, 0.29) is 17.7 Å². The van der Waals surface area contributed by atoms with E-state index in [0.717, 1.165) is 21.8 Å². The molecule has 6 nitrogen and oxygen atoms in total. The van der Waals surface area contributed by atoms with Crippen molar-refractivity contribution >= 4 is 34.7 Å². The van der Waals surface area contributed by atoms with Gasteiger partial charge in [0.05, 0.1) is 28.2 Å². The van der Waals surface area contributed by atoms with Gasteiger partial charge in [-0.3, -0.25) is 4.79 Å². The Kier molecular flexibility index (Phi) is 5.51. The van der Waals surface area contributed by atoms with E-state index in [1.165, 1.54) is 16.8 Å². The van der Waals surface area contributed by atoms with Crippen molar-refractivity contribution < 1.29 is 9.21 Å². The smallest absolute Gasteiger partial charge is 0.253 e. The molecule has 8 heteroatoms. The van der Waals surface area contributed by atoms with Gasteiger partial charge in [-0.25, -0.2) is 9.99 Å². The number of aromatic nitrogens is 1. The molecule has 0 fully saturated rings. The largest absolute Gasteiger partial charge is 0.467 e. The minimum atomic E-state index is -0.266. The number of thiophene rings is 1. The first-order valence-corrected chi connectivity index (χ1v) is 10.9. The highest BCUT2D eigenvalue weighted by molar-refractivity contribution is 8.00. The summed E-state index contributed by atoms with van der Waals surface area (Å²) in [6.07, 6.45) is 2.21. The molecule has 1 amide bonds. The lowest BCUT2D eigenvalue weighted by atomic mass is 10.1. The van der Waals surface area contributed by atoms with Gasteiger partial charge in [0.1, 0.15) is 22.9 Å². The van der Waals surface area contributed by atoms with Gasteiger partial charge >= 0.3 is 0 Å². The monoisotopic (exact) mass is 422 g/mol. The fourth-order valence-electron chi connectivity index (χ4n) is 3.27. The summed E-state index contributed by atoms with van der Waals surface area (Å²) >= 11 is 2.87. The predicted molar refractivity (Wildman–Crippen MR) is 113 cm³/mol. The van der Waals surface area contributed by atoms with Crippen LogP contribution >= 0.6 is 23.1 Å².